The Morgan fingerprint density at radius 3 is 2.21 bits per heavy atom. The van der Waals surface area contributed by atoms with E-state index in [4.69, 9.17) is 9.47 Å². The Labute approximate surface area is 143 Å². The Hall–Kier alpha value is -1.49. The molecule has 0 aliphatic heterocycles. The summed E-state index contributed by atoms with van der Waals surface area (Å²) in [5, 5.41) is 0. The largest absolute Gasteiger partial charge is 0.465 e. The molecule has 0 bridgehead atoms. The van der Waals surface area contributed by atoms with Crippen LogP contribution in [0.4, 0.5) is 8.78 Å². The second-order valence-corrected chi connectivity index (χ2v) is 5.84. The van der Waals surface area contributed by atoms with Gasteiger partial charge in [-0.15, -0.1) is 0 Å². The number of alkyl halides is 2. The SMILES string of the molecule is CC.CCOC(=O)C1(COCc2ccccc2)CCC(F)(F)CC1. The van der Waals surface area contributed by atoms with Crippen molar-refractivity contribution >= 4 is 5.97 Å². The summed E-state index contributed by atoms with van der Waals surface area (Å²) in [6.07, 6.45) is -0.373. The van der Waals surface area contributed by atoms with Crippen LogP contribution in [0.25, 0.3) is 0 Å². The number of hydrogen-bond donors (Lipinski definition) is 0. The molecule has 0 aromatic heterocycles. The summed E-state index contributed by atoms with van der Waals surface area (Å²) >= 11 is 0. The highest BCUT2D eigenvalue weighted by molar-refractivity contribution is 5.77. The molecule has 136 valence electrons. The molecule has 24 heavy (non-hydrogen) atoms. The van der Waals surface area contributed by atoms with E-state index in [-0.39, 0.29) is 38.9 Å². The summed E-state index contributed by atoms with van der Waals surface area (Å²) < 4.78 is 37.5. The Balaban J connectivity index is 0.00000139. The fourth-order valence-electron chi connectivity index (χ4n) is 2.72. The Morgan fingerprint density at radius 2 is 1.67 bits per heavy atom. The van der Waals surface area contributed by atoms with E-state index in [1.165, 1.54) is 0 Å². The third-order valence-corrected chi connectivity index (χ3v) is 4.14. The van der Waals surface area contributed by atoms with Crippen LogP contribution in [0.1, 0.15) is 52.0 Å². The lowest BCUT2D eigenvalue weighted by Crippen LogP contribution is -2.43. The van der Waals surface area contributed by atoms with E-state index < -0.39 is 17.3 Å². The molecule has 0 radical (unpaired) electrons. The third kappa shape index (κ3) is 5.86. The van der Waals surface area contributed by atoms with Gasteiger partial charge in [-0.2, -0.15) is 0 Å². The molecular weight excluding hydrogens is 314 g/mol. The molecule has 0 heterocycles. The Morgan fingerprint density at radius 1 is 1.08 bits per heavy atom. The number of halogens is 2. The van der Waals surface area contributed by atoms with Crippen molar-refractivity contribution in [1.29, 1.82) is 0 Å². The van der Waals surface area contributed by atoms with Crippen LogP contribution in [0.15, 0.2) is 30.3 Å². The fraction of sp³-hybridized carbons (Fsp3) is 0.632. The fourth-order valence-corrected chi connectivity index (χ4v) is 2.72. The molecule has 1 saturated carbocycles. The summed E-state index contributed by atoms with van der Waals surface area (Å²) in [7, 11) is 0. The van der Waals surface area contributed by atoms with Crippen molar-refractivity contribution in [1.82, 2.24) is 0 Å². The van der Waals surface area contributed by atoms with Crippen LogP contribution >= 0.6 is 0 Å². The average Bonchev–Trinajstić information content (AvgIpc) is 2.60. The van der Waals surface area contributed by atoms with E-state index in [0.29, 0.717) is 6.61 Å². The molecule has 1 aromatic carbocycles. The number of carbonyl (C=O) groups excluding carboxylic acids is 1. The molecule has 1 aliphatic rings. The van der Waals surface area contributed by atoms with Crippen LogP contribution in [-0.2, 0) is 20.9 Å². The van der Waals surface area contributed by atoms with Gasteiger partial charge >= 0.3 is 5.97 Å². The molecule has 0 N–H and O–H groups in total. The maximum atomic E-state index is 13.4. The van der Waals surface area contributed by atoms with E-state index in [2.05, 4.69) is 0 Å². The first kappa shape index (κ1) is 20.6. The molecule has 0 atom stereocenters. The van der Waals surface area contributed by atoms with Crippen LogP contribution in [0.3, 0.4) is 0 Å². The summed E-state index contributed by atoms with van der Waals surface area (Å²) in [6.45, 7) is 6.44. The van der Waals surface area contributed by atoms with Crippen LogP contribution in [0, 0.1) is 5.41 Å². The van der Waals surface area contributed by atoms with Crippen LogP contribution < -0.4 is 0 Å². The monoisotopic (exact) mass is 342 g/mol. The first-order chi connectivity index (χ1) is 11.5. The van der Waals surface area contributed by atoms with Crippen LogP contribution in [0.2, 0.25) is 0 Å². The highest BCUT2D eigenvalue weighted by Gasteiger charge is 2.49. The molecule has 1 aromatic rings. The van der Waals surface area contributed by atoms with E-state index in [1.807, 2.05) is 44.2 Å². The average molecular weight is 342 g/mol. The topological polar surface area (TPSA) is 35.5 Å². The maximum Gasteiger partial charge on any atom is 0.314 e. The number of hydrogen-bond acceptors (Lipinski definition) is 3. The first-order valence-corrected chi connectivity index (χ1v) is 8.64. The number of rotatable bonds is 6. The van der Waals surface area contributed by atoms with Crippen LogP contribution in [-0.4, -0.2) is 25.1 Å². The normalized spacial score (nSPS) is 18.2. The smallest absolute Gasteiger partial charge is 0.314 e. The predicted molar refractivity (Wildman–Crippen MR) is 89.9 cm³/mol. The van der Waals surface area contributed by atoms with Gasteiger partial charge in [0.15, 0.2) is 0 Å². The summed E-state index contributed by atoms with van der Waals surface area (Å²) in [5.74, 6) is -3.10. The quantitative estimate of drug-likeness (QED) is 0.683. The number of ether oxygens (including phenoxy) is 2. The van der Waals surface area contributed by atoms with Gasteiger partial charge in [0.1, 0.15) is 0 Å². The molecule has 3 nitrogen and oxygen atoms in total. The zero-order valence-electron chi connectivity index (χ0n) is 14.8. The molecule has 0 saturated heterocycles. The van der Waals surface area contributed by atoms with E-state index in [9.17, 15) is 13.6 Å². The van der Waals surface area contributed by atoms with Gasteiger partial charge in [-0.05, 0) is 25.3 Å². The lowest BCUT2D eigenvalue weighted by Gasteiger charge is -2.37. The van der Waals surface area contributed by atoms with Gasteiger partial charge in [0, 0.05) is 12.8 Å². The van der Waals surface area contributed by atoms with Crippen molar-refractivity contribution < 1.29 is 23.0 Å². The molecule has 0 spiro atoms. The van der Waals surface area contributed by atoms with E-state index >= 15 is 0 Å². The van der Waals surface area contributed by atoms with Gasteiger partial charge in [-0.3, -0.25) is 4.79 Å². The van der Waals surface area contributed by atoms with Crippen molar-refractivity contribution in [2.75, 3.05) is 13.2 Å². The van der Waals surface area contributed by atoms with Crippen molar-refractivity contribution in [2.24, 2.45) is 5.41 Å². The van der Waals surface area contributed by atoms with Gasteiger partial charge in [0.2, 0.25) is 5.92 Å². The number of esters is 1. The second-order valence-electron chi connectivity index (χ2n) is 5.84. The highest BCUT2D eigenvalue weighted by atomic mass is 19.3. The Bertz CT molecular complexity index is 479. The number of benzene rings is 1. The minimum absolute atomic E-state index is 0.105. The standard InChI is InChI=1S/C17H22F2O3.C2H6/c1-2-22-15(20)16(8-10-17(18,19)11-9-16)13-21-12-14-6-4-3-5-7-14;1-2/h3-7H,2,8-13H2,1H3;1-2H3. The summed E-state index contributed by atoms with van der Waals surface area (Å²) in [4.78, 5) is 12.2. The van der Waals surface area contributed by atoms with E-state index in [0.717, 1.165) is 5.56 Å². The van der Waals surface area contributed by atoms with Crippen molar-refractivity contribution in [3.05, 3.63) is 35.9 Å². The highest BCUT2D eigenvalue weighted by Crippen LogP contribution is 2.44. The van der Waals surface area contributed by atoms with Gasteiger partial charge in [-0.25, -0.2) is 8.78 Å². The van der Waals surface area contributed by atoms with E-state index in [1.54, 1.807) is 6.92 Å². The van der Waals surface area contributed by atoms with Crippen molar-refractivity contribution in [3.8, 4) is 0 Å². The minimum atomic E-state index is -2.69. The maximum absolute atomic E-state index is 13.4. The molecule has 1 fully saturated rings. The van der Waals surface area contributed by atoms with Crippen molar-refractivity contribution in [2.45, 2.75) is 59.0 Å². The lowest BCUT2D eigenvalue weighted by atomic mass is 9.73. The minimum Gasteiger partial charge on any atom is -0.465 e. The van der Waals surface area contributed by atoms with Gasteiger partial charge in [0.25, 0.3) is 0 Å². The zero-order chi connectivity index (χ0) is 18.1. The molecule has 1 aliphatic carbocycles. The van der Waals surface area contributed by atoms with Gasteiger partial charge in [-0.1, -0.05) is 44.2 Å². The summed E-state index contributed by atoms with van der Waals surface area (Å²) in [5.41, 5.74) is 0.0505. The molecule has 0 amide bonds. The first-order valence-electron chi connectivity index (χ1n) is 8.64. The number of carbonyl (C=O) groups is 1. The van der Waals surface area contributed by atoms with Gasteiger partial charge < -0.3 is 9.47 Å². The van der Waals surface area contributed by atoms with Crippen molar-refractivity contribution in [3.63, 3.8) is 0 Å². The zero-order valence-corrected chi connectivity index (χ0v) is 14.8. The van der Waals surface area contributed by atoms with Gasteiger partial charge in [0.05, 0.1) is 25.2 Å². The molecule has 2 rings (SSSR count). The molecule has 0 unspecified atom stereocenters. The second kappa shape index (κ2) is 9.72. The molecule has 5 heteroatoms. The third-order valence-electron chi connectivity index (χ3n) is 4.14. The van der Waals surface area contributed by atoms with Crippen LogP contribution in [0.5, 0.6) is 0 Å². The molecular formula is C19H28F2O3. The Kier molecular flexibility index (Phi) is 8.32. The summed E-state index contributed by atoms with van der Waals surface area (Å²) in [6, 6.07) is 9.56. The predicted octanol–water partition coefficient (Wildman–Crippen LogP) is 4.99. The lowest BCUT2D eigenvalue weighted by molar-refractivity contribution is -0.169.